The first kappa shape index (κ1) is 15.9. The largest absolute Gasteiger partial charge is 0.340 e. The molecule has 0 atom stereocenters. The normalized spacial score (nSPS) is 31.4. The van der Waals surface area contributed by atoms with E-state index in [4.69, 9.17) is 0 Å². The van der Waals surface area contributed by atoms with Crippen LogP contribution in [0.25, 0.3) is 0 Å². The lowest BCUT2D eigenvalue weighted by atomic mass is 9.79. The molecular formula is C17H29N3O2. The summed E-state index contributed by atoms with van der Waals surface area (Å²) in [5, 5.41) is 4.89. The lowest BCUT2D eigenvalue weighted by Gasteiger charge is -2.41. The Kier molecular flexibility index (Phi) is 5.14. The van der Waals surface area contributed by atoms with E-state index >= 15 is 0 Å². The smallest absolute Gasteiger partial charge is 0.225 e. The number of hydrogen-bond donors (Lipinski definition) is 0. The van der Waals surface area contributed by atoms with Crippen molar-refractivity contribution < 1.29 is 9.59 Å². The number of carbonyl (C=O) groups is 2. The van der Waals surface area contributed by atoms with E-state index in [-0.39, 0.29) is 11.8 Å². The number of hydrogen-bond acceptors (Lipinski definition) is 4. The van der Waals surface area contributed by atoms with Gasteiger partial charge in [-0.05, 0) is 45.4 Å². The van der Waals surface area contributed by atoms with Gasteiger partial charge < -0.3 is 4.90 Å². The third-order valence-corrected chi connectivity index (χ3v) is 5.70. The Hall–Kier alpha value is -0.940. The number of piperazine rings is 1. The van der Waals surface area contributed by atoms with Crippen molar-refractivity contribution in [3.05, 3.63) is 0 Å². The standard InChI is InChI=1S/C17H29N3O2/c1-14(21)15-4-6-16(7-5-15)17(22)18-10-12-20(13-11-18)19-8-2-3-9-19/h15-16H,2-13H2,1H3/t15-,16-. The van der Waals surface area contributed by atoms with E-state index < -0.39 is 0 Å². The van der Waals surface area contributed by atoms with Crippen molar-refractivity contribution in [3.8, 4) is 0 Å². The molecule has 5 nitrogen and oxygen atoms in total. The number of rotatable bonds is 3. The Morgan fingerprint density at radius 2 is 1.23 bits per heavy atom. The summed E-state index contributed by atoms with van der Waals surface area (Å²) in [6, 6.07) is 0. The Labute approximate surface area is 133 Å². The summed E-state index contributed by atoms with van der Waals surface area (Å²) >= 11 is 0. The fourth-order valence-corrected chi connectivity index (χ4v) is 4.19. The quantitative estimate of drug-likeness (QED) is 0.793. The van der Waals surface area contributed by atoms with Crippen LogP contribution in [0.5, 0.6) is 0 Å². The SMILES string of the molecule is CC(=O)[C@H]1CC[C@H](C(=O)N2CCN(N3CCCC3)CC2)CC1. The van der Waals surface area contributed by atoms with Crippen molar-refractivity contribution in [2.75, 3.05) is 39.3 Å². The van der Waals surface area contributed by atoms with Gasteiger partial charge in [-0.3, -0.25) is 9.59 Å². The van der Waals surface area contributed by atoms with Crippen molar-refractivity contribution in [1.82, 2.24) is 14.9 Å². The lowest BCUT2D eigenvalue weighted by Crippen LogP contribution is -2.55. The van der Waals surface area contributed by atoms with E-state index in [1.54, 1.807) is 6.92 Å². The molecule has 1 saturated carbocycles. The molecule has 0 aromatic carbocycles. The highest BCUT2D eigenvalue weighted by Gasteiger charge is 2.33. The molecule has 0 N–H and O–H groups in total. The Morgan fingerprint density at radius 1 is 0.727 bits per heavy atom. The monoisotopic (exact) mass is 307 g/mol. The van der Waals surface area contributed by atoms with Gasteiger partial charge in [0.1, 0.15) is 5.78 Å². The van der Waals surface area contributed by atoms with Crippen LogP contribution in [0, 0.1) is 11.8 Å². The van der Waals surface area contributed by atoms with E-state index in [2.05, 4.69) is 14.9 Å². The molecule has 0 aromatic rings. The van der Waals surface area contributed by atoms with Crippen LogP contribution in [0.1, 0.15) is 45.4 Å². The third kappa shape index (κ3) is 3.51. The minimum Gasteiger partial charge on any atom is -0.340 e. The van der Waals surface area contributed by atoms with Crippen LogP contribution in [-0.4, -0.2) is 65.9 Å². The van der Waals surface area contributed by atoms with E-state index in [1.165, 1.54) is 25.9 Å². The van der Waals surface area contributed by atoms with Gasteiger partial charge in [0, 0.05) is 51.1 Å². The van der Waals surface area contributed by atoms with Crippen LogP contribution in [0.3, 0.4) is 0 Å². The number of amides is 1. The van der Waals surface area contributed by atoms with Crippen LogP contribution in [-0.2, 0) is 9.59 Å². The summed E-state index contributed by atoms with van der Waals surface area (Å²) in [5.74, 6) is 0.998. The number of Topliss-reactive ketones (excluding diaryl/α,β-unsaturated/α-hetero) is 1. The topological polar surface area (TPSA) is 43.9 Å². The Bertz CT molecular complexity index is 404. The van der Waals surface area contributed by atoms with Crippen LogP contribution >= 0.6 is 0 Å². The predicted molar refractivity (Wildman–Crippen MR) is 85.1 cm³/mol. The molecule has 124 valence electrons. The molecule has 0 aromatic heterocycles. The minimum atomic E-state index is 0.161. The van der Waals surface area contributed by atoms with Crippen molar-refractivity contribution in [3.63, 3.8) is 0 Å². The molecule has 0 spiro atoms. The van der Waals surface area contributed by atoms with Crippen LogP contribution < -0.4 is 0 Å². The first-order valence-corrected chi connectivity index (χ1v) is 8.94. The summed E-state index contributed by atoms with van der Waals surface area (Å²) in [5.41, 5.74) is 0. The average molecular weight is 307 g/mol. The molecule has 0 radical (unpaired) electrons. The zero-order chi connectivity index (χ0) is 15.5. The lowest BCUT2D eigenvalue weighted by molar-refractivity contribution is -0.142. The van der Waals surface area contributed by atoms with Gasteiger partial charge in [0.15, 0.2) is 0 Å². The molecule has 0 bridgehead atoms. The molecule has 1 aliphatic carbocycles. The number of carbonyl (C=O) groups excluding carboxylic acids is 2. The molecule has 3 rings (SSSR count). The minimum absolute atomic E-state index is 0.161. The second-order valence-electron chi connectivity index (χ2n) is 7.10. The first-order valence-electron chi connectivity index (χ1n) is 8.94. The van der Waals surface area contributed by atoms with Gasteiger partial charge in [-0.2, -0.15) is 0 Å². The third-order valence-electron chi connectivity index (χ3n) is 5.70. The Morgan fingerprint density at radius 3 is 1.77 bits per heavy atom. The van der Waals surface area contributed by atoms with Gasteiger partial charge >= 0.3 is 0 Å². The highest BCUT2D eigenvalue weighted by Crippen LogP contribution is 2.30. The maximum Gasteiger partial charge on any atom is 0.225 e. The van der Waals surface area contributed by atoms with Gasteiger partial charge in [0.25, 0.3) is 0 Å². The van der Waals surface area contributed by atoms with E-state index in [0.29, 0.717) is 11.7 Å². The second kappa shape index (κ2) is 7.09. The molecule has 2 saturated heterocycles. The molecule has 3 fully saturated rings. The summed E-state index contributed by atoms with van der Waals surface area (Å²) < 4.78 is 0. The summed E-state index contributed by atoms with van der Waals surface area (Å²) in [6.07, 6.45) is 6.21. The fourth-order valence-electron chi connectivity index (χ4n) is 4.19. The number of ketones is 1. The zero-order valence-electron chi connectivity index (χ0n) is 13.8. The van der Waals surface area contributed by atoms with E-state index in [9.17, 15) is 9.59 Å². The second-order valence-corrected chi connectivity index (χ2v) is 7.10. The maximum atomic E-state index is 12.7. The molecule has 3 aliphatic rings. The van der Waals surface area contributed by atoms with Gasteiger partial charge in [-0.25, -0.2) is 10.0 Å². The van der Waals surface area contributed by atoms with Crippen LogP contribution in [0.4, 0.5) is 0 Å². The van der Waals surface area contributed by atoms with Crippen molar-refractivity contribution >= 4 is 11.7 Å². The number of nitrogens with zero attached hydrogens (tertiary/aromatic N) is 3. The van der Waals surface area contributed by atoms with Crippen LogP contribution in [0.15, 0.2) is 0 Å². The zero-order valence-corrected chi connectivity index (χ0v) is 13.8. The van der Waals surface area contributed by atoms with Gasteiger partial charge in [0.2, 0.25) is 5.91 Å². The molecular weight excluding hydrogens is 278 g/mol. The Balaban J connectivity index is 1.45. The molecule has 5 heteroatoms. The highest BCUT2D eigenvalue weighted by molar-refractivity contribution is 5.81. The van der Waals surface area contributed by atoms with Gasteiger partial charge in [-0.15, -0.1) is 0 Å². The molecule has 1 amide bonds. The van der Waals surface area contributed by atoms with Crippen molar-refractivity contribution in [2.24, 2.45) is 11.8 Å². The molecule has 22 heavy (non-hydrogen) atoms. The first-order chi connectivity index (χ1) is 10.6. The van der Waals surface area contributed by atoms with E-state index in [0.717, 1.165) is 51.9 Å². The summed E-state index contributed by atoms with van der Waals surface area (Å²) in [4.78, 5) is 26.2. The molecule has 2 heterocycles. The van der Waals surface area contributed by atoms with Gasteiger partial charge in [0.05, 0.1) is 0 Å². The molecule has 2 aliphatic heterocycles. The number of hydrazine groups is 1. The summed E-state index contributed by atoms with van der Waals surface area (Å²) in [7, 11) is 0. The highest BCUT2D eigenvalue weighted by atomic mass is 16.2. The summed E-state index contributed by atoms with van der Waals surface area (Å²) in [6.45, 7) is 7.74. The van der Waals surface area contributed by atoms with Crippen molar-refractivity contribution in [1.29, 1.82) is 0 Å². The van der Waals surface area contributed by atoms with E-state index in [1.807, 2.05) is 0 Å². The van der Waals surface area contributed by atoms with Gasteiger partial charge in [-0.1, -0.05) is 0 Å². The average Bonchev–Trinajstić information content (AvgIpc) is 3.09. The maximum absolute atomic E-state index is 12.7. The van der Waals surface area contributed by atoms with Crippen LogP contribution in [0.2, 0.25) is 0 Å². The predicted octanol–water partition coefficient (Wildman–Crippen LogP) is 1.54. The molecule has 0 unspecified atom stereocenters. The fraction of sp³-hybridized carbons (Fsp3) is 0.882. The van der Waals surface area contributed by atoms with Crippen molar-refractivity contribution in [2.45, 2.75) is 45.4 Å².